The molecule has 0 saturated heterocycles. The van der Waals surface area contributed by atoms with Gasteiger partial charge in [0.25, 0.3) is 0 Å². The predicted octanol–water partition coefficient (Wildman–Crippen LogP) is 3.58. The van der Waals surface area contributed by atoms with Gasteiger partial charge in [-0.05, 0) is 50.5 Å². The summed E-state index contributed by atoms with van der Waals surface area (Å²) < 4.78 is 11.6. The van der Waals surface area contributed by atoms with Gasteiger partial charge in [-0.25, -0.2) is 0 Å². The number of hydrogen-bond donors (Lipinski definition) is 0. The van der Waals surface area contributed by atoms with Crippen LogP contribution < -0.4 is 0 Å². The van der Waals surface area contributed by atoms with E-state index >= 15 is 0 Å². The summed E-state index contributed by atoms with van der Waals surface area (Å²) >= 11 is 0. The van der Waals surface area contributed by atoms with Crippen LogP contribution in [0, 0.1) is 11.3 Å². The molecule has 3 aliphatic rings. The summed E-state index contributed by atoms with van der Waals surface area (Å²) in [5, 5.41) is 0. The van der Waals surface area contributed by atoms with E-state index in [4.69, 9.17) is 9.47 Å². The molecule has 1 aliphatic heterocycles. The van der Waals surface area contributed by atoms with Gasteiger partial charge >= 0.3 is 5.97 Å². The third kappa shape index (κ3) is 2.07. The second-order valence-corrected chi connectivity index (χ2v) is 6.65. The van der Waals surface area contributed by atoms with E-state index in [2.05, 4.69) is 13.8 Å². The number of ether oxygens (including phenoxy) is 2. The lowest BCUT2D eigenvalue weighted by atomic mass is 9.66. The monoisotopic (exact) mass is 264 g/mol. The van der Waals surface area contributed by atoms with Crippen molar-refractivity contribution in [1.82, 2.24) is 0 Å². The van der Waals surface area contributed by atoms with Gasteiger partial charge in [0.1, 0.15) is 6.10 Å². The number of fused-ring (bicyclic) bond motifs is 2. The van der Waals surface area contributed by atoms with Gasteiger partial charge in [-0.2, -0.15) is 0 Å². The fourth-order valence-corrected chi connectivity index (χ4v) is 4.35. The highest BCUT2D eigenvalue weighted by Gasteiger charge is 2.52. The lowest BCUT2D eigenvalue weighted by Gasteiger charge is -2.44. The molecular weight excluding hydrogens is 240 g/mol. The highest BCUT2D eigenvalue weighted by atomic mass is 16.5. The summed E-state index contributed by atoms with van der Waals surface area (Å²) in [6.07, 6.45) is 7.02. The molecule has 0 aromatic heterocycles. The molecule has 0 amide bonds. The molecular formula is C16H24O3. The SMILES string of the molecule is CC(=O)OC1CCC2C3=C(CCC12C)OC(C)CC3. The van der Waals surface area contributed by atoms with Gasteiger partial charge in [0, 0.05) is 18.8 Å². The van der Waals surface area contributed by atoms with E-state index in [-0.39, 0.29) is 17.5 Å². The van der Waals surface area contributed by atoms with Crippen molar-refractivity contribution < 1.29 is 14.3 Å². The van der Waals surface area contributed by atoms with E-state index in [0.29, 0.717) is 12.0 Å². The third-order valence-electron chi connectivity index (χ3n) is 5.39. The molecule has 1 heterocycles. The third-order valence-corrected chi connectivity index (χ3v) is 5.39. The van der Waals surface area contributed by atoms with Crippen molar-refractivity contribution >= 4 is 5.97 Å². The Hall–Kier alpha value is -0.990. The first-order valence-corrected chi connectivity index (χ1v) is 7.56. The number of hydrogen-bond acceptors (Lipinski definition) is 3. The Balaban J connectivity index is 1.86. The smallest absolute Gasteiger partial charge is 0.302 e. The molecule has 3 heteroatoms. The molecule has 1 fully saturated rings. The maximum atomic E-state index is 11.3. The first-order valence-electron chi connectivity index (χ1n) is 7.56. The number of carbonyl (C=O) groups excluding carboxylic acids is 1. The summed E-state index contributed by atoms with van der Waals surface area (Å²) in [5.74, 6) is 1.68. The summed E-state index contributed by atoms with van der Waals surface area (Å²) in [6.45, 7) is 5.99. The quantitative estimate of drug-likeness (QED) is 0.679. The van der Waals surface area contributed by atoms with Crippen molar-refractivity contribution in [2.75, 3.05) is 0 Å². The Kier molecular flexibility index (Phi) is 3.11. The average molecular weight is 264 g/mol. The molecule has 3 nitrogen and oxygen atoms in total. The highest BCUT2D eigenvalue weighted by Crippen LogP contribution is 2.57. The molecule has 4 atom stereocenters. The van der Waals surface area contributed by atoms with Crippen LogP contribution in [-0.2, 0) is 14.3 Å². The molecule has 0 radical (unpaired) electrons. The van der Waals surface area contributed by atoms with Crippen LogP contribution in [0.1, 0.15) is 59.3 Å². The van der Waals surface area contributed by atoms with Crippen molar-refractivity contribution in [3.8, 4) is 0 Å². The summed E-state index contributed by atoms with van der Waals surface area (Å²) in [5.41, 5.74) is 1.66. The zero-order valence-electron chi connectivity index (χ0n) is 12.2. The molecule has 4 unspecified atom stereocenters. The van der Waals surface area contributed by atoms with Crippen molar-refractivity contribution in [1.29, 1.82) is 0 Å². The van der Waals surface area contributed by atoms with E-state index in [1.54, 1.807) is 0 Å². The molecule has 106 valence electrons. The Bertz CT molecular complexity index is 426. The van der Waals surface area contributed by atoms with E-state index in [1.165, 1.54) is 24.7 Å². The normalized spacial score (nSPS) is 41.3. The minimum absolute atomic E-state index is 0.100. The largest absolute Gasteiger partial charge is 0.495 e. The average Bonchev–Trinajstić information content (AvgIpc) is 2.66. The summed E-state index contributed by atoms with van der Waals surface area (Å²) in [4.78, 5) is 11.3. The summed E-state index contributed by atoms with van der Waals surface area (Å²) in [6, 6.07) is 0. The zero-order chi connectivity index (χ0) is 13.6. The van der Waals surface area contributed by atoms with E-state index in [9.17, 15) is 4.79 Å². The first kappa shape index (κ1) is 13.0. The molecule has 0 aromatic rings. The highest BCUT2D eigenvalue weighted by molar-refractivity contribution is 5.66. The lowest BCUT2D eigenvalue weighted by Crippen LogP contribution is -2.40. The van der Waals surface area contributed by atoms with E-state index in [1.807, 2.05) is 0 Å². The molecule has 0 spiro atoms. The summed E-state index contributed by atoms with van der Waals surface area (Å²) in [7, 11) is 0. The predicted molar refractivity (Wildman–Crippen MR) is 72.4 cm³/mol. The first-order chi connectivity index (χ1) is 9.00. The van der Waals surface area contributed by atoms with Crippen molar-refractivity contribution in [2.45, 2.75) is 71.5 Å². The van der Waals surface area contributed by atoms with Crippen LogP contribution in [0.5, 0.6) is 0 Å². The molecule has 0 bridgehead atoms. The zero-order valence-corrected chi connectivity index (χ0v) is 12.2. The molecule has 2 aliphatic carbocycles. The van der Waals surface area contributed by atoms with Gasteiger partial charge in [-0.15, -0.1) is 0 Å². The van der Waals surface area contributed by atoms with Gasteiger partial charge < -0.3 is 9.47 Å². The van der Waals surface area contributed by atoms with Crippen molar-refractivity contribution in [3.63, 3.8) is 0 Å². The number of rotatable bonds is 1. The van der Waals surface area contributed by atoms with Gasteiger partial charge in [-0.3, -0.25) is 4.79 Å². The number of esters is 1. The van der Waals surface area contributed by atoms with Crippen LogP contribution in [0.3, 0.4) is 0 Å². The lowest BCUT2D eigenvalue weighted by molar-refractivity contribution is -0.152. The van der Waals surface area contributed by atoms with Gasteiger partial charge in [0.15, 0.2) is 0 Å². The minimum atomic E-state index is -0.139. The van der Waals surface area contributed by atoms with Crippen LogP contribution in [0.2, 0.25) is 0 Å². The maximum Gasteiger partial charge on any atom is 0.302 e. The topological polar surface area (TPSA) is 35.5 Å². The van der Waals surface area contributed by atoms with Gasteiger partial charge in [-0.1, -0.05) is 6.92 Å². The molecule has 0 aromatic carbocycles. The minimum Gasteiger partial charge on any atom is -0.495 e. The fourth-order valence-electron chi connectivity index (χ4n) is 4.35. The Morgan fingerprint density at radius 1 is 1.32 bits per heavy atom. The van der Waals surface area contributed by atoms with Crippen LogP contribution in [0.25, 0.3) is 0 Å². The van der Waals surface area contributed by atoms with Crippen LogP contribution in [-0.4, -0.2) is 18.2 Å². The van der Waals surface area contributed by atoms with Gasteiger partial charge in [0.2, 0.25) is 0 Å². The maximum absolute atomic E-state index is 11.3. The number of carbonyl (C=O) groups is 1. The second-order valence-electron chi connectivity index (χ2n) is 6.65. The molecule has 3 rings (SSSR count). The second kappa shape index (κ2) is 4.53. The number of allylic oxidation sites excluding steroid dienone is 2. The Morgan fingerprint density at radius 3 is 2.84 bits per heavy atom. The van der Waals surface area contributed by atoms with Crippen LogP contribution >= 0.6 is 0 Å². The van der Waals surface area contributed by atoms with E-state index in [0.717, 1.165) is 32.1 Å². The van der Waals surface area contributed by atoms with Gasteiger partial charge in [0.05, 0.1) is 11.9 Å². The Morgan fingerprint density at radius 2 is 2.11 bits per heavy atom. The van der Waals surface area contributed by atoms with Crippen molar-refractivity contribution in [2.24, 2.45) is 11.3 Å². The van der Waals surface area contributed by atoms with Crippen LogP contribution in [0.15, 0.2) is 11.3 Å². The van der Waals surface area contributed by atoms with Crippen molar-refractivity contribution in [3.05, 3.63) is 11.3 Å². The fraction of sp³-hybridized carbons (Fsp3) is 0.812. The van der Waals surface area contributed by atoms with E-state index < -0.39 is 0 Å². The Labute approximate surface area is 115 Å². The standard InChI is InChI=1S/C16H24O3/c1-10-4-5-12-13-6-7-15(19-11(2)17)16(13,3)9-8-14(12)18-10/h10,13,15H,4-9H2,1-3H3. The molecule has 0 N–H and O–H groups in total. The molecule has 1 saturated carbocycles. The molecule has 19 heavy (non-hydrogen) atoms. The van der Waals surface area contributed by atoms with Crippen LogP contribution in [0.4, 0.5) is 0 Å².